The van der Waals surface area contributed by atoms with Crippen LogP contribution < -0.4 is 5.19 Å². The van der Waals surface area contributed by atoms with Crippen LogP contribution in [0.25, 0.3) is 0 Å². The molecular formula is C20H31F3NOSi. The minimum absolute atomic E-state index is 0.259. The van der Waals surface area contributed by atoms with Crippen LogP contribution >= 0.6 is 0 Å². The maximum absolute atomic E-state index is 13.3. The number of morpholine rings is 1. The smallest absolute Gasteiger partial charge is 0.373 e. The molecule has 1 aromatic rings. The SMILES string of the molecule is CC1CN(CCCCCc2cc([Si](C)C)ccc2C(F)(F)F)CC(C)O1. The van der Waals surface area contributed by atoms with E-state index in [1.54, 1.807) is 12.1 Å². The van der Waals surface area contributed by atoms with Gasteiger partial charge in [0.15, 0.2) is 0 Å². The Morgan fingerprint density at radius 2 is 1.73 bits per heavy atom. The highest BCUT2D eigenvalue weighted by Crippen LogP contribution is 2.32. The summed E-state index contributed by atoms with van der Waals surface area (Å²) in [6, 6.07) is 4.72. The summed E-state index contributed by atoms with van der Waals surface area (Å²) >= 11 is 0. The molecule has 0 spiro atoms. The van der Waals surface area contributed by atoms with Crippen LogP contribution in [0.15, 0.2) is 18.2 Å². The molecule has 2 atom stereocenters. The van der Waals surface area contributed by atoms with E-state index in [4.69, 9.17) is 4.74 Å². The third-order valence-electron chi connectivity index (χ3n) is 4.90. The first-order chi connectivity index (χ1) is 12.2. The van der Waals surface area contributed by atoms with E-state index in [1.807, 2.05) is 0 Å². The van der Waals surface area contributed by atoms with Gasteiger partial charge in [0, 0.05) is 13.1 Å². The molecule has 0 bridgehead atoms. The van der Waals surface area contributed by atoms with Gasteiger partial charge in [-0.25, -0.2) is 0 Å². The highest BCUT2D eigenvalue weighted by atomic mass is 28.3. The van der Waals surface area contributed by atoms with Crippen molar-refractivity contribution in [1.82, 2.24) is 4.90 Å². The number of aryl methyl sites for hydroxylation is 1. The molecule has 1 fully saturated rings. The number of alkyl halides is 3. The molecule has 0 amide bonds. The molecule has 26 heavy (non-hydrogen) atoms. The molecule has 1 heterocycles. The zero-order valence-corrected chi connectivity index (χ0v) is 17.3. The predicted molar refractivity (Wildman–Crippen MR) is 103 cm³/mol. The fourth-order valence-corrected chi connectivity index (χ4v) is 4.56. The Hall–Kier alpha value is -0.853. The van der Waals surface area contributed by atoms with Gasteiger partial charge >= 0.3 is 6.18 Å². The first-order valence-corrected chi connectivity index (χ1v) is 12.0. The van der Waals surface area contributed by atoms with Crippen molar-refractivity contribution in [3.8, 4) is 0 Å². The van der Waals surface area contributed by atoms with E-state index in [-0.39, 0.29) is 12.2 Å². The second-order valence-corrected chi connectivity index (χ2v) is 10.3. The highest BCUT2D eigenvalue weighted by molar-refractivity contribution is 6.70. The number of hydrogen-bond donors (Lipinski definition) is 0. The lowest BCUT2D eigenvalue weighted by Gasteiger charge is -2.35. The molecular weight excluding hydrogens is 355 g/mol. The molecule has 2 nitrogen and oxygen atoms in total. The van der Waals surface area contributed by atoms with Gasteiger partial charge in [0.25, 0.3) is 0 Å². The summed E-state index contributed by atoms with van der Waals surface area (Å²) in [7, 11) is -0.741. The zero-order chi connectivity index (χ0) is 19.3. The fraction of sp³-hybridized carbons (Fsp3) is 0.700. The largest absolute Gasteiger partial charge is 0.416 e. The summed E-state index contributed by atoms with van der Waals surface area (Å²) < 4.78 is 45.5. The third-order valence-corrected chi connectivity index (χ3v) is 6.37. The quantitative estimate of drug-likeness (QED) is 0.506. The molecule has 2 unspecified atom stereocenters. The van der Waals surface area contributed by atoms with Crippen LogP contribution in [0.4, 0.5) is 13.2 Å². The molecule has 1 aliphatic heterocycles. The third kappa shape index (κ3) is 6.39. The molecule has 147 valence electrons. The van der Waals surface area contributed by atoms with Crippen LogP contribution in [0.5, 0.6) is 0 Å². The van der Waals surface area contributed by atoms with Crippen molar-refractivity contribution >= 4 is 14.0 Å². The van der Waals surface area contributed by atoms with Crippen LogP contribution in [0, 0.1) is 0 Å². The van der Waals surface area contributed by atoms with Gasteiger partial charge in [0.05, 0.1) is 26.6 Å². The van der Waals surface area contributed by atoms with Gasteiger partial charge < -0.3 is 4.74 Å². The lowest BCUT2D eigenvalue weighted by Crippen LogP contribution is -2.45. The average Bonchev–Trinajstić information content (AvgIpc) is 2.52. The summed E-state index contributed by atoms with van der Waals surface area (Å²) in [5.41, 5.74) is 0.00939. The standard InChI is InChI=1S/C20H31F3NOSi/c1-15-13-24(14-16(2)25-15)11-7-5-6-8-17-12-18(26(3)4)9-10-19(17)20(21,22)23/h9-10,12,15-16H,5-8,11,13-14H2,1-4H3. The molecule has 0 aliphatic carbocycles. The lowest BCUT2D eigenvalue weighted by atomic mass is 10.0. The van der Waals surface area contributed by atoms with E-state index in [9.17, 15) is 13.2 Å². The van der Waals surface area contributed by atoms with Gasteiger partial charge in [-0.3, -0.25) is 4.90 Å². The van der Waals surface area contributed by atoms with Crippen LogP contribution in [-0.4, -0.2) is 45.5 Å². The van der Waals surface area contributed by atoms with Gasteiger partial charge in [-0.05, 0) is 51.3 Å². The molecule has 1 aliphatic rings. The van der Waals surface area contributed by atoms with Crippen LogP contribution in [0.2, 0.25) is 13.1 Å². The normalized spacial score (nSPS) is 22.2. The van der Waals surface area contributed by atoms with Crippen molar-refractivity contribution in [3.63, 3.8) is 0 Å². The molecule has 6 heteroatoms. The Labute approximate surface area is 157 Å². The highest BCUT2D eigenvalue weighted by Gasteiger charge is 2.33. The van der Waals surface area contributed by atoms with Gasteiger partial charge in [-0.2, -0.15) is 13.2 Å². The minimum Gasteiger partial charge on any atom is -0.373 e. The van der Waals surface area contributed by atoms with Crippen molar-refractivity contribution in [1.29, 1.82) is 0 Å². The molecule has 0 N–H and O–H groups in total. The van der Waals surface area contributed by atoms with E-state index in [0.29, 0.717) is 12.0 Å². The topological polar surface area (TPSA) is 12.5 Å². The van der Waals surface area contributed by atoms with E-state index < -0.39 is 20.5 Å². The number of halogens is 3. The van der Waals surface area contributed by atoms with Gasteiger partial charge in [0.1, 0.15) is 0 Å². The van der Waals surface area contributed by atoms with Crippen LogP contribution in [0.1, 0.15) is 44.2 Å². The van der Waals surface area contributed by atoms with Crippen LogP contribution in [0.3, 0.4) is 0 Å². The summed E-state index contributed by atoms with van der Waals surface area (Å²) in [5.74, 6) is 0. The molecule has 0 saturated carbocycles. The van der Waals surface area contributed by atoms with Gasteiger partial charge in [-0.15, -0.1) is 0 Å². The Kier molecular flexibility index (Phi) is 7.73. The number of nitrogens with zero attached hydrogens (tertiary/aromatic N) is 1. The van der Waals surface area contributed by atoms with Crippen molar-refractivity contribution in [2.75, 3.05) is 19.6 Å². The van der Waals surface area contributed by atoms with Gasteiger partial charge in [0.2, 0.25) is 0 Å². The van der Waals surface area contributed by atoms with E-state index in [2.05, 4.69) is 31.8 Å². The number of rotatable bonds is 7. The lowest BCUT2D eigenvalue weighted by molar-refractivity contribution is -0.138. The molecule has 1 radical (unpaired) electrons. The van der Waals surface area contributed by atoms with E-state index in [1.165, 1.54) is 6.07 Å². The first kappa shape index (κ1) is 21.4. The average molecular weight is 387 g/mol. The van der Waals surface area contributed by atoms with Crippen molar-refractivity contribution < 1.29 is 17.9 Å². The first-order valence-electron chi connectivity index (χ1n) is 9.55. The van der Waals surface area contributed by atoms with E-state index >= 15 is 0 Å². The van der Waals surface area contributed by atoms with E-state index in [0.717, 1.165) is 44.1 Å². The predicted octanol–water partition coefficient (Wildman–Crippen LogP) is 4.49. The molecule has 0 aromatic heterocycles. The number of ether oxygens (including phenoxy) is 1. The summed E-state index contributed by atoms with van der Waals surface area (Å²) in [4.78, 5) is 2.41. The molecule has 1 saturated heterocycles. The Bertz CT molecular complexity index is 567. The zero-order valence-electron chi connectivity index (χ0n) is 16.3. The fourth-order valence-electron chi connectivity index (χ4n) is 3.68. The summed E-state index contributed by atoms with van der Waals surface area (Å²) in [6.07, 6.45) is -0.452. The number of hydrogen-bond acceptors (Lipinski definition) is 2. The monoisotopic (exact) mass is 386 g/mol. The van der Waals surface area contributed by atoms with Crippen molar-refractivity contribution in [3.05, 3.63) is 29.3 Å². The Balaban J connectivity index is 1.85. The van der Waals surface area contributed by atoms with Crippen molar-refractivity contribution in [2.45, 2.75) is 71.0 Å². The van der Waals surface area contributed by atoms with Crippen molar-refractivity contribution in [2.24, 2.45) is 0 Å². The van der Waals surface area contributed by atoms with Gasteiger partial charge in [-0.1, -0.05) is 36.8 Å². The second-order valence-electron chi connectivity index (χ2n) is 7.70. The number of unbranched alkanes of at least 4 members (excludes halogenated alkanes) is 2. The Morgan fingerprint density at radius 3 is 2.31 bits per heavy atom. The summed E-state index contributed by atoms with van der Waals surface area (Å²) in [5, 5.41) is 1.08. The molecule has 2 rings (SSSR count). The number of benzene rings is 1. The summed E-state index contributed by atoms with van der Waals surface area (Å²) in [6.45, 7) is 11.3. The maximum atomic E-state index is 13.3. The Morgan fingerprint density at radius 1 is 1.08 bits per heavy atom. The van der Waals surface area contributed by atoms with Crippen LogP contribution in [-0.2, 0) is 17.3 Å². The molecule has 1 aromatic carbocycles. The maximum Gasteiger partial charge on any atom is 0.416 e. The second kappa shape index (κ2) is 9.38. The minimum atomic E-state index is -4.26.